The maximum Gasteiger partial charge on any atom is 0.239 e. The van der Waals surface area contributed by atoms with Gasteiger partial charge in [0.15, 0.2) is 0 Å². The summed E-state index contributed by atoms with van der Waals surface area (Å²) >= 11 is 6.13. The summed E-state index contributed by atoms with van der Waals surface area (Å²) < 4.78 is 19.1. The molecule has 1 aromatic rings. The topological polar surface area (TPSA) is 64.4 Å². The highest BCUT2D eigenvalue weighted by Gasteiger charge is 2.40. The standard InChI is InChI=1S/C17H24ClFN2O2/c1-16(2,20)15(22)21-10-17(9-18)8-14(23-11-17)7-12-4-3-5-13(19)6-12/h3-6,14H,7-11,20H2,1-2H3,(H,21,22). The van der Waals surface area contributed by atoms with Crippen LogP contribution < -0.4 is 11.1 Å². The van der Waals surface area contributed by atoms with Crippen molar-refractivity contribution in [1.82, 2.24) is 5.32 Å². The molecule has 1 heterocycles. The third kappa shape index (κ3) is 4.90. The Labute approximate surface area is 141 Å². The fraction of sp³-hybridized carbons (Fsp3) is 0.588. The molecule has 1 aliphatic heterocycles. The first-order chi connectivity index (χ1) is 10.7. The fourth-order valence-electron chi connectivity index (χ4n) is 2.71. The first kappa shape index (κ1) is 18.2. The number of carbonyl (C=O) groups excluding carboxylic acids is 1. The van der Waals surface area contributed by atoms with Crippen molar-refractivity contribution in [2.24, 2.45) is 11.1 Å². The fourth-order valence-corrected chi connectivity index (χ4v) is 2.99. The summed E-state index contributed by atoms with van der Waals surface area (Å²) in [6.45, 7) is 4.22. The largest absolute Gasteiger partial charge is 0.377 e. The van der Waals surface area contributed by atoms with Crippen molar-refractivity contribution >= 4 is 17.5 Å². The molecular weight excluding hydrogens is 319 g/mol. The zero-order valence-electron chi connectivity index (χ0n) is 13.6. The molecule has 0 aliphatic carbocycles. The minimum atomic E-state index is -0.923. The average molecular weight is 343 g/mol. The van der Waals surface area contributed by atoms with Crippen LogP contribution in [0.1, 0.15) is 25.8 Å². The number of halogens is 2. The lowest BCUT2D eigenvalue weighted by Gasteiger charge is -2.27. The molecule has 0 aromatic heterocycles. The Morgan fingerprint density at radius 2 is 2.30 bits per heavy atom. The van der Waals surface area contributed by atoms with E-state index in [0.29, 0.717) is 25.5 Å². The third-order valence-electron chi connectivity index (χ3n) is 4.13. The molecule has 128 valence electrons. The number of alkyl halides is 1. The van der Waals surface area contributed by atoms with E-state index >= 15 is 0 Å². The number of benzene rings is 1. The van der Waals surface area contributed by atoms with E-state index in [1.807, 2.05) is 6.07 Å². The maximum absolute atomic E-state index is 13.3. The molecule has 4 nitrogen and oxygen atoms in total. The lowest BCUT2D eigenvalue weighted by molar-refractivity contribution is -0.125. The molecule has 6 heteroatoms. The molecule has 2 atom stereocenters. The Kier molecular flexibility index (Phi) is 5.65. The number of nitrogens with two attached hydrogens (primary N) is 1. The van der Waals surface area contributed by atoms with Crippen LogP contribution in [0.2, 0.25) is 0 Å². The van der Waals surface area contributed by atoms with E-state index in [-0.39, 0.29) is 23.2 Å². The van der Waals surface area contributed by atoms with E-state index in [1.165, 1.54) is 12.1 Å². The van der Waals surface area contributed by atoms with Gasteiger partial charge < -0.3 is 15.8 Å². The number of amides is 1. The zero-order valence-corrected chi connectivity index (χ0v) is 14.3. The van der Waals surface area contributed by atoms with Crippen LogP contribution in [0, 0.1) is 11.2 Å². The summed E-state index contributed by atoms with van der Waals surface area (Å²) in [7, 11) is 0. The van der Waals surface area contributed by atoms with Crippen molar-refractivity contribution in [3.63, 3.8) is 0 Å². The van der Waals surface area contributed by atoms with Crippen LogP contribution in [0.3, 0.4) is 0 Å². The van der Waals surface area contributed by atoms with Gasteiger partial charge in [0.2, 0.25) is 5.91 Å². The third-order valence-corrected chi connectivity index (χ3v) is 4.70. The normalized spacial score (nSPS) is 24.7. The van der Waals surface area contributed by atoms with Gasteiger partial charge in [-0.1, -0.05) is 12.1 Å². The monoisotopic (exact) mass is 342 g/mol. The second kappa shape index (κ2) is 7.16. The van der Waals surface area contributed by atoms with Crippen molar-refractivity contribution in [3.8, 4) is 0 Å². The minimum absolute atomic E-state index is 0.0293. The Bertz CT molecular complexity index is 562. The first-order valence-corrected chi connectivity index (χ1v) is 8.27. The van der Waals surface area contributed by atoms with Gasteiger partial charge in [0.1, 0.15) is 5.82 Å². The van der Waals surface area contributed by atoms with Crippen LogP contribution in [0.5, 0.6) is 0 Å². The van der Waals surface area contributed by atoms with Crippen molar-refractivity contribution in [2.45, 2.75) is 38.3 Å². The molecule has 2 rings (SSSR count). The van der Waals surface area contributed by atoms with Crippen LogP contribution in [0.15, 0.2) is 24.3 Å². The number of ether oxygens (including phenoxy) is 1. The average Bonchev–Trinajstić information content (AvgIpc) is 2.87. The molecular formula is C17H24ClFN2O2. The molecule has 1 fully saturated rings. The van der Waals surface area contributed by atoms with Crippen molar-refractivity contribution in [1.29, 1.82) is 0 Å². The van der Waals surface area contributed by atoms with Crippen LogP contribution in [0.4, 0.5) is 4.39 Å². The van der Waals surface area contributed by atoms with Crippen LogP contribution in [-0.4, -0.2) is 36.6 Å². The Balaban J connectivity index is 1.93. The van der Waals surface area contributed by atoms with Crippen LogP contribution >= 0.6 is 11.6 Å². The summed E-state index contributed by atoms with van der Waals surface area (Å²) in [5.41, 5.74) is 5.45. The van der Waals surface area contributed by atoms with Gasteiger partial charge in [0, 0.05) is 17.8 Å². The SMILES string of the molecule is CC(C)(N)C(=O)NCC1(CCl)COC(Cc2cccc(F)c2)C1. The number of rotatable bonds is 6. The highest BCUT2D eigenvalue weighted by Crippen LogP contribution is 2.35. The van der Waals surface area contributed by atoms with E-state index < -0.39 is 5.54 Å². The van der Waals surface area contributed by atoms with E-state index in [4.69, 9.17) is 22.1 Å². The predicted octanol–water partition coefficient (Wildman–Crippen LogP) is 2.24. The second-order valence-corrected chi connectivity index (χ2v) is 7.28. The molecule has 1 amide bonds. The second-order valence-electron chi connectivity index (χ2n) is 7.01. The highest BCUT2D eigenvalue weighted by molar-refractivity contribution is 6.18. The molecule has 1 aromatic carbocycles. The van der Waals surface area contributed by atoms with Gasteiger partial charge in [-0.15, -0.1) is 11.6 Å². The molecule has 0 radical (unpaired) electrons. The Morgan fingerprint density at radius 1 is 1.57 bits per heavy atom. The quantitative estimate of drug-likeness (QED) is 0.779. The molecule has 23 heavy (non-hydrogen) atoms. The van der Waals surface area contributed by atoms with Crippen molar-refractivity contribution in [2.75, 3.05) is 19.0 Å². The Hall–Kier alpha value is -1.17. The van der Waals surface area contributed by atoms with Gasteiger partial charge in [-0.05, 0) is 44.4 Å². The van der Waals surface area contributed by atoms with Gasteiger partial charge in [0.25, 0.3) is 0 Å². The van der Waals surface area contributed by atoms with Gasteiger partial charge in [-0.2, -0.15) is 0 Å². The number of hydrogen-bond acceptors (Lipinski definition) is 3. The first-order valence-electron chi connectivity index (χ1n) is 7.73. The lowest BCUT2D eigenvalue weighted by atomic mass is 9.86. The van der Waals surface area contributed by atoms with E-state index in [1.54, 1.807) is 19.9 Å². The van der Waals surface area contributed by atoms with Crippen molar-refractivity contribution < 1.29 is 13.9 Å². The number of carbonyl (C=O) groups is 1. The van der Waals surface area contributed by atoms with Gasteiger partial charge in [0.05, 0.1) is 18.2 Å². The highest BCUT2D eigenvalue weighted by atomic mass is 35.5. The molecule has 0 spiro atoms. The summed E-state index contributed by atoms with van der Waals surface area (Å²) in [6.07, 6.45) is 1.32. The zero-order chi connectivity index (χ0) is 17.1. The van der Waals surface area contributed by atoms with Gasteiger partial charge >= 0.3 is 0 Å². The minimum Gasteiger partial charge on any atom is -0.377 e. The summed E-state index contributed by atoms with van der Waals surface area (Å²) in [5, 5.41) is 2.86. The van der Waals surface area contributed by atoms with Crippen LogP contribution in [-0.2, 0) is 16.0 Å². The predicted molar refractivity (Wildman–Crippen MR) is 88.9 cm³/mol. The Morgan fingerprint density at radius 3 is 2.91 bits per heavy atom. The summed E-state index contributed by atoms with van der Waals surface area (Å²) in [4.78, 5) is 11.9. The maximum atomic E-state index is 13.3. The summed E-state index contributed by atoms with van der Waals surface area (Å²) in [6, 6.07) is 6.51. The number of nitrogens with one attached hydrogen (secondary N) is 1. The lowest BCUT2D eigenvalue weighted by Crippen LogP contribution is -2.52. The molecule has 1 saturated heterocycles. The summed E-state index contributed by atoms with van der Waals surface area (Å²) in [5.74, 6) is -0.0742. The number of hydrogen-bond donors (Lipinski definition) is 2. The van der Waals surface area contributed by atoms with Gasteiger partial charge in [-0.25, -0.2) is 4.39 Å². The molecule has 0 bridgehead atoms. The molecule has 3 N–H and O–H groups in total. The smallest absolute Gasteiger partial charge is 0.239 e. The van der Waals surface area contributed by atoms with Crippen molar-refractivity contribution in [3.05, 3.63) is 35.6 Å². The van der Waals surface area contributed by atoms with Gasteiger partial charge in [-0.3, -0.25) is 4.79 Å². The van der Waals surface area contributed by atoms with Crippen LogP contribution in [0.25, 0.3) is 0 Å². The molecule has 2 unspecified atom stereocenters. The van der Waals surface area contributed by atoms with E-state index in [2.05, 4.69) is 5.32 Å². The van der Waals surface area contributed by atoms with E-state index in [0.717, 1.165) is 12.0 Å². The molecule has 0 saturated carbocycles. The van der Waals surface area contributed by atoms with E-state index in [9.17, 15) is 9.18 Å². The molecule has 1 aliphatic rings.